The molecule has 0 fully saturated rings. The fraction of sp³-hybridized carbons (Fsp3) is 0.833. The van der Waals surface area contributed by atoms with Gasteiger partial charge in [-0.1, -0.05) is 0 Å². The summed E-state index contributed by atoms with van der Waals surface area (Å²) in [6.07, 6.45) is -4.78. The van der Waals surface area contributed by atoms with Crippen LogP contribution in [0.15, 0.2) is 0 Å². The molecule has 1 amide bonds. The van der Waals surface area contributed by atoms with E-state index in [9.17, 15) is 22.8 Å². The molecule has 0 heterocycles. The van der Waals surface area contributed by atoms with Crippen molar-refractivity contribution in [2.75, 3.05) is 26.7 Å². The monoisotopic (exact) mass is 298 g/mol. The molecular formula is C12H21F3N2O3. The third-order valence-corrected chi connectivity index (χ3v) is 2.31. The van der Waals surface area contributed by atoms with E-state index in [1.165, 1.54) is 0 Å². The van der Waals surface area contributed by atoms with Crippen molar-refractivity contribution in [3.8, 4) is 0 Å². The molecule has 0 aliphatic heterocycles. The zero-order chi connectivity index (χ0) is 16.0. The van der Waals surface area contributed by atoms with Crippen molar-refractivity contribution < 1.29 is 27.5 Å². The van der Waals surface area contributed by atoms with E-state index in [4.69, 9.17) is 0 Å². The number of rotatable bonds is 6. The number of ether oxygens (including phenoxy) is 1. The molecule has 0 spiro atoms. The number of hydrogen-bond acceptors (Lipinski definition) is 4. The average molecular weight is 298 g/mol. The first-order valence-electron chi connectivity index (χ1n) is 6.11. The Kier molecular flexibility index (Phi) is 6.98. The van der Waals surface area contributed by atoms with Gasteiger partial charge in [-0.15, -0.1) is 0 Å². The number of carbonyl (C=O) groups is 2. The minimum absolute atomic E-state index is 0.221. The molecule has 0 rings (SSSR count). The maximum Gasteiger partial charge on any atom is 0.406 e. The molecule has 0 aromatic heterocycles. The Morgan fingerprint density at radius 2 is 1.75 bits per heavy atom. The smallest absolute Gasteiger partial charge is 0.406 e. The van der Waals surface area contributed by atoms with E-state index in [-0.39, 0.29) is 25.0 Å². The highest BCUT2D eigenvalue weighted by molar-refractivity contribution is 5.79. The van der Waals surface area contributed by atoms with Gasteiger partial charge in [0.2, 0.25) is 5.91 Å². The molecule has 0 saturated carbocycles. The number of nitrogens with one attached hydrogen (secondary N) is 1. The van der Waals surface area contributed by atoms with Crippen LogP contribution < -0.4 is 5.32 Å². The third-order valence-electron chi connectivity index (χ3n) is 2.31. The summed E-state index contributed by atoms with van der Waals surface area (Å²) in [6.45, 7) is 3.46. The van der Waals surface area contributed by atoms with Crippen molar-refractivity contribution in [1.29, 1.82) is 0 Å². The highest BCUT2D eigenvalue weighted by Gasteiger charge is 2.33. The van der Waals surface area contributed by atoms with Gasteiger partial charge in [-0.3, -0.25) is 9.59 Å². The van der Waals surface area contributed by atoms with E-state index >= 15 is 0 Å². The second kappa shape index (κ2) is 7.47. The Labute approximate surface area is 116 Å². The van der Waals surface area contributed by atoms with E-state index in [1.807, 2.05) is 0 Å². The van der Waals surface area contributed by atoms with Gasteiger partial charge >= 0.3 is 12.1 Å². The van der Waals surface area contributed by atoms with Crippen molar-refractivity contribution in [3.63, 3.8) is 0 Å². The molecule has 0 bridgehead atoms. The minimum Gasteiger partial charge on any atom is -0.469 e. The molecule has 0 aliphatic carbocycles. The van der Waals surface area contributed by atoms with Crippen LogP contribution in [-0.2, 0) is 14.3 Å². The number of methoxy groups -OCH3 is 1. The van der Waals surface area contributed by atoms with Crippen molar-refractivity contribution >= 4 is 11.9 Å². The first-order valence-corrected chi connectivity index (χ1v) is 6.11. The lowest BCUT2D eigenvalue weighted by Gasteiger charge is -2.26. The maximum absolute atomic E-state index is 12.4. The van der Waals surface area contributed by atoms with Crippen molar-refractivity contribution in [2.45, 2.75) is 38.9 Å². The van der Waals surface area contributed by atoms with Gasteiger partial charge in [-0.05, 0) is 20.8 Å². The fourth-order valence-electron chi connectivity index (χ4n) is 1.29. The van der Waals surface area contributed by atoms with Crippen LogP contribution in [0.25, 0.3) is 0 Å². The van der Waals surface area contributed by atoms with Crippen LogP contribution in [0.4, 0.5) is 13.2 Å². The molecule has 0 saturated heterocycles. The van der Waals surface area contributed by atoms with E-state index in [0.717, 1.165) is 7.11 Å². The molecule has 0 aromatic carbocycles. The molecule has 0 atom stereocenters. The van der Waals surface area contributed by atoms with Gasteiger partial charge in [-0.2, -0.15) is 13.2 Å². The van der Waals surface area contributed by atoms with Crippen molar-refractivity contribution in [2.24, 2.45) is 0 Å². The average Bonchev–Trinajstić information content (AvgIpc) is 2.28. The first-order chi connectivity index (χ1) is 8.94. The Morgan fingerprint density at radius 1 is 1.20 bits per heavy atom. The van der Waals surface area contributed by atoms with Crippen molar-refractivity contribution in [3.05, 3.63) is 0 Å². The molecule has 0 aromatic rings. The molecule has 20 heavy (non-hydrogen) atoms. The standard InChI is InChI=1S/C12H21F3N2O3/c1-11(2,3)16-7-9(18)17(8-12(13,14)15)6-5-10(19)20-4/h16H,5-8H2,1-4H3. The number of nitrogens with zero attached hydrogens (tertiary/aromatic N) is 1. The minimum atomic E-state index is -4.51. The second-order valence-corrected chi connectivity index (χ2v) is 5.36. The lowest BCUT2D eigenvalue weighted by molar-refractivity contribution is -0.162. The lowest BCUT2D eigenvalue weighted by Crippen LogP contribution is -2.48. The SMILES string of the molecule is COC(=O)CCN(CC(F)(F)F)C(=O)CNC(C)(C)C. The summed E-state index contributed by atoms with van der Waals surface area (Å²) in [5.41, 5.74) is -0.387. The number of esters is 1. The summed E-state index contributed by atoms with van der Waals surface area (Å²) < 4.78 is 41.6. The molecule has 0 radical (unpaired) electrons. The number of amides is 1. The summed E-state index contributed by atoms with van der Waals surface area (Å²) in [7, 11) is 1.14. The topological polar surface area (TPSA) is 58.6 Å². The molecule has 0 aliphatic rings. The summed E-state index contributed by atoms with van der Waals surface area (Å²) in [5.74, 6) is -1.37. The molecule has 8 heteroatoms. The van der Waals surface area contributed by atoms with Gasteiger partial charge in [0.1, 0.15) is 6.54 Å². The Bertz CT molecular complexity index is 338. The number of carbonyl (C=O) groups excluding carboxylic acids is 2. The van der Waals surface area contributed by atoms with Gasteiger partial charge < -0.3 is 15.0 Å². The zero-order valence-corrected chi connectivity index (χ0v) is 12.1. The van der Waals surface area contributed by atoms with Crippen LogP contribution in [0.2, 0.25) is 0 Å². The molecular weight excluding hydrogens is 277 g/mol. The van der Waals surface area contributed by atoms with E-state index in [0.29, 0.717) is 4.90 Å². The quantitative estimate of drug-likeness (QED) is 0.752. The van der Waals surface area contributed by atoms with Crippen LogP contribution in [0, 0.1) is 0 Å². The van der Waals surface area contributed by atoms with Crippen LogP contribution in [0.5, 0.6) is 0 Å². The van der Waals surface area contributed by atoms with Crippen LogP contribution in [0.3, 0.4) is 0 Å². The highest BCUT2D eigenvalue weighted by Crippen LogP contribution is 2.17. The predicted octanol–water partition coefficient (Wildman–Crippen LogP) is 1.33. The summed E-state index contributed by atoms with van der Waals surface area (Å²) in [4.78, 5) is 23.4. The number of halogens is 3. The van der Waals surface area contributed by atoms with E-state index in [1.54, 1.807) is 20.8 Å². The molecule has 118 valence electrons. The summed E-state index contributed by atoms with van der Waals surface area (Å²) >= 11 is 0. The Hall–Kier alpha value is -1.31. The fourth-order valence-corrected chi connectivity index (χ4v) is 1.29. The van der Waals surface area contributed by atoms with Gasteiger partial charge in [0.25, 0.3) is 0 Å². The predicted molar refractivity (Wildman–Crippen MR) is 67.0 cm³/mol. The Morgan fingerprint density at radius 3 is 2.15 bits per heavy atom. The van der Waals surface area contributed by atoms with Gasteiger partial charge in [0, 0.05) is 12.1 Å². The lowest BCUT2D eigenvalue weighted by atomic mass is 10.1. The first kappa shape index (κ1) is 18.7. The van der Waals surface area contributed by atoms with E-state index < -0.39 is 24.6 Å². The summed E-state index contributed by atoms with van der Waals surface area (Å²) in [5, 5.41) is 2.81. The summed E-state index contributed by atoms with van der Waals surface area (Å²) in [6, 6.07) is 0. The third kappa shape index (κ3) is 9.60. The molecule has 1 N–H and O–H groups in total. The van der Waals surface area contributed by atoms with Crippen molar-refractivity contribution in [1.82, 2.24) is 10.2 Å². The van der Waals surface area contributed by atoms with Gasteiger partial charge in [-0.25, -0.2) is 0 Å². The zero-order valence-electron chi connectivity index (χ0n) is 12.1. The molecule has 5 nitrogen and oxygen atoms in total. The maximum atomic E-state index is 12.4. The van der Waals surface area contributed by atoms with Gasteiger partial charge in [0.05, 0.1) is 20.1 Å². The molecule has 0 unspecified atom stereocenters. The largest absolute Gasteiger partial charge is 0.469 e. The van der Waals surface area contributed by atoms with Crippen LogP contribution >= 0.6 is 0 Å². The highest BCUT2D eigenvalue weighted by atomic mass is 19.4. The van der Waals surface area contributed by atoms with E-state index in [2.05, 4.69) is 10.1 Å². The number of hydrogen-bond donors (Lipinski definition) is 1. The van der Waals surface area contributed by atoms with Gasteiger partial charge in [0.15, 0.2) is 0 Å². The second-order valence-electron chi connectivity index (χ2n) is 5.36. The van der Waals surface area contributed by atoms with Crippen LogP contribution in [0.1, 0.15) is 27.2 Å². The Balaban J connectivity index is 4.58. The van der Waals surface area contributed by atoms with Crippen LogP contribution in [-0.4, -0.2) is 55.2 Å². The normalized spacial score (nSPS) is 12.2. The number of alkyl halides is 3.